The van der Waals surface area contributed by atoms with E-state index in [-0.39, 0.29) is 11.7 Å². The minimum Gasteiger partial charge on any atom is -0.455 e. The molecule has 158 valence electrons. The summed E-state index contributed by atoms with van der Waals surface area (Å²) in [6, 6.07) is 12.8. The van der Waals surface area contributed by atoms with Crippen LogP contribution in [-0.4, -0.2) is 17.5 Å². The molecule has 31 heavy (non-hydrogen) atoms. The topological polar surface area (TPSA) is 83.7 Å². The Bertz CT molecular complexity index is 1180. The summed E-state index contributed by atoms with van der Waals surface area (Å²) in [5, 5.41) is 7.18. The van der Waals surface area contributed by atoms with Gasteiger partial charge in [0.15, 0.2) is 5.76 Å². The third-order valence-electron chi connectivity index (χ3n) is 5.32. The Hall–Kier alpha value is -3.74. The third-order valence-corrected chi connectivity index (χ3v) is 5.32. The Balaban J connectivity index is 1.57. The van der Waals surface area contributed by atoms with E-state index in [4.69, 9.17) is 4.42 Å². The van der Waals surface area contributed by atoms with Gasteiger partial charge >= 0.3 is 0 Å². The van der Waals surface area contributed by atoms with Gasteiger partial charge in [-0.25, -0.2) is 9.82 Å². The minimum absolute atomic E-state index is 0.243. The number of aryl methyl sites for hydroxylation is 2. The molecule has 1 aliphatic carbocycles. The maximum Gasteiger partial charge on any atom is 0.291 e. The normalized spacial score (nSPS) is 14.2. The van der Waals surface area contributed by atoms with E-state index in [0.717, 1.165) is 23.2 Å². The molecule has 2 N–H and O–H groups in total. The Morgan fingerprint density at radius 3 is 2.48 bits per heavy atom. The Morgan fingerprint density at radius 1 is 1.00 bits per heavy atom. The Morgan fingerprint density at radius 2 is 1.74 bits per heavy atom. The van der Waals surface area contributed by atoms with E-state index in [2.05, 4.69) is 15.8 Å². The van der Waals surface area contributed by atoms with Crippen molar-refractivity contribution < 1.29 is 18.4 Å². The van der Waals surface area contributed by atoms with Gasteiger partial charge in [0.25, 0.3) is 11.8 Å². The van der Waals surface area contributed by atoms with Gasteiger partial charge in [-0.05, 0) is 62.6 Å². The zero-order chi connectivity index (χ0) is 22.0. The van der Waals surface area contributed by atoms with E-state index in [1.54, 1.807) is 0 Å². The van der Waals surface area contributed by atoms with E-state index in [1.807, 2.05) is 38.1 Å². The molecule has 4 rings (SSSR count). The molecule has 3 aromatic rings. The number of amides is 2. The summed E-state index contributed by atoms with van der Waals surface area (Å²) in [7, 11) is 0. The van der Waals surface area contributed by atoms with Gasteiger partial charge in [-0.1, -0.05) is 18.2 Å². The summed E-state index contributed by atoms with van der Waals surface area (Å²) in [5.74, 6) is -0.235. The molecule has 0 bridgehead atoms. The lowest BCUT2D eigenvalue weighted by Crippen LogP contribution is -2.22. The zero-order valence-electron chi connectivity index (χ0n) is 17.3. The van der Waals surface area contributed by atoms with Crippen LogP contribution in [0.15, 0.2) is 58.0 Å². The molecule has 1 aromatic heterocycles. The van der Waals surface area contributed by atoms with E-state index in [9.17, 15) is 14.0 Å². The summed E-state index contributed by atoms with van der Waals surface area (Å²) < 4.78 is 19.0. The van der Waals surface area contributed by atoms with Gasteiger partial charge in [0.05, 0.1) is 5.71 Å². The van der Waals surface area contributed by atoms with Crippen molar-refractivity contribution in [3.05, 3.63) is 88.1 Å². The van der Waals surface area contributed by atoms with E-state index in [0.29, 0.717) is 35.4 Å². The number of rotatable bonds is 4. The van der Waals surface area contributed by atoms with Gasteiger partial charge in [0.1, 0.15) is 11.6 Å². The molecule has 6 nitrogen and oxygen atoms in total. The molecule has 2 aromatic carbocycles. The van der Waals surface area contributed by atoms with Crippen molar-refractivity contribution in [2.75, 3.05) is 5.32 Å². The first kappa shape index (κ1) is 20.5. The fourth-order valence-electron chi connectivity index (χ4n) is 3.67. The number of carbonyl (C=O) groups excluding carboxylic acids is 2. The number of nitrogens with zero attached hydrogens (tertiary/aromatic N) is 1. The van der Waals surface area contributed by atoms with Crippen LogP contribution < -0.4 is 10.7 Å². The number of hydrogen-bond acceptors (Lipinski definition) is 4. The predicted molar refractivity (Wildman–Crippen MR) is 116 cm³/mol. The summed E-state index contributed by atoms with van der Waals surface area (Å²) >= 11 is 0. The van der Waals surface area contributed by atoms with Gasteiger partial charge in [-0.2, -0.15) is 5.10 Å². The van der Waals surface area contributed by atoms with Gasteiger partial charge in [-0.15, -0.1) is 0 Å². The maximum absolute atomic E-state index is 13.1. The van der Waals surface area contributed by atoms with Crippen molar-refractivity contribution in [3.8, 4) is 0 Å². The lowest BCUT2D eigenvalue weighted by molar-refractivity contribution is 0.0953. The van der Waals surface area contributed by atoms with Crippen molar-refractivity contribution in [1.82, 2.24) is 5.43 Å². The van der Waals surface area contributed by atoms with Crippen molar-refractivity contribution in [2.45, 2.75) is 33.1 Å². The van der Waals surface area contributed by atoms with E-state index in [1.165, 1.54) is 24.3 Å². The molecule has 0 atom stereocenters. The first-order valence-corrected chi connectivity index (χ1v) is 10.1. The first-order chi connectivity index (χ1) is 14.9. The quantitative estimate of drug-likeness (QED) is 0.598. The zero-order valence-corrected chi connectivity index (χ0v) is 17.3. The number of furan rings is 1. The second-order valence-electron chi connectivity index (χ2n) is 7.48. The van der Waals surface area contributed by atoms with Gasteiger partial charge in [0, 0.05) is 28.8 Å². The average molecular weight is 419 g/mol. The molecule has 0 unspecified atom stereocenters. The number of anilines is 1. The number of hydrazone groups is 1. The smallest absolute Gasteiger partial charge is 0.291 e. The number of carbonyl (C=O) groups is 2. The molecular formula is C24H22FN3O3. The van der Waals surface area contributed by atoms with E-state index >= 15 is 0 Å². The number of hydrogen-bond donors (Lipinski definition) is 2. The molecule has 2 amide bonds. The minimum atomic E-state index is -0.432. The molecule has 0 saturated heterocycles. The van der Waals surface area contributed by atoms with Crippen molar-refractivity contribution in [1.29, 1.82) is 0 Å². The second kappa shape index (κ2) is 8.55. The van der Waals surface area contributed by atoms with Gasteiger partial charge < -0.3 is 9.73 Å². The van der Waals surface area contributed by atoms with Crippen molar-refractivity contribution in [2.24, 2.45) is 5.10 Å². The van der Waals surface area contributed by atoms with Crippen LogP contribution in [0.25, 0.3) is 0 Å². The van der Waals surface area contributed by atoms with Crippen molar-refractivity contribution in [3.63, 3.8) is 0 Å². The molecule has 0 spiro atoms. The summed E-state index contributed by atoms with van der Waals surface area (Å²) in [6.45, 7) is 3.74. The van der Waals surface area contributed by atoms with Crippen LogP contribution in [0.2, 0.25) is 0 Å². The number of nitrogens with one attached hydrogen (secondary N) is 2. The number of halogens is 1. The standard InChI is InChI=1S/C24H22FN3O3/c1-14-6-3-4-7-18(14)26-24(30)22-15(2)21-19(8-5-9-20(21)31-22)27-28-23(29)16-10-12-17(25)13-11-16/h3-4,6-7,10-13H,5,8-9H2,1-2H3,(H,26,30)(H,28,29)/b27-19+. The molecule has 1 heterocycles. The van der Waals surface area contributed by atoms with Crippen LogP contribution in [0.5, 0.6) is 0 Å². The molecule has 1 aliphatic rings. The first-order valence-electron chi connectivity index (χ1n) is 10.1. The molecular weight excluding hydrogens is 397 g/mol. The fourth-order valence-corrected chi connectivity index (χ4v) is 3.67. The third kappa shape index (κ3) is 4.26. The highest BCUT2D eigenvalue weighted by molar-refractivity contribution is 6.09. The summed E-state index contributed by atoms with van der Waals surface area (Å²) in [6.07, 6.45) is 2.14. The predicted octanol–water partition coefficient (Wildman–Crippen LogP) is 4.76. The monoisotopic (exact) mass is 419 g/mol. The van der Waals surface area contributed by atoms with E-state index < -0.39 is 11.7 Å². The largest absolute Gasteiger partial charge is 0.455 e. The highest BCUT2D eigenvalue weighted by atomic mass is 19.1. The van der Waals surface area contributed by atoms with Crippen LogP contribution in [0, 0.1) is 19.7 Å². The molecule has 0 saturated carbocycles. The number of fused-ring (bicyclic) bond motifs is 1. The highest BCUT2D eigenvalue weighted by Gasteiger charge is 2.28. The lowest BCUT2D eigenvalue weighted by atomic mass is 9.93. The van der Waals surface area contributed by atoms with Gasteiger partial charge in [-0.3, -0.25) is 9.59 Å². The average Bonchev–Trinajstić information content (AvgIpc) is 3.11. The van der Waals surface area contributed by atoms with Crippen LogP contribution in [0.4, 0.5) is 10.1 Å². The molecule has 7 heteroatoms. The van der Waals surface area contributed by atoms with Crippen LogP contribution >= 0.6 is 0 Å². The SMILES string of the molecule is Cc1ccccc1NC(=O)c1oc2c(c1C)/C(=N/NC(=O)c1ccc(F)cc1)CCC2. The van der Waals surface area contributed by atoms with Crippen LogP contribution in [0.3, 0.4) is 0 Å². The second-order valence-corrected chi connectivity index (χ2v) is 7.48. The fraction of sp³-hybridized carbons (Fsp3) is 0.208. The summed E-state index contributed by atoms with van der Waals surface area (Å²) in [5.41, 5.74) is 6.63. The maximum atomic E-state index is 13.1. The Labute approximate surface area is 179 Å². The van der Waals surface area contributed by atoms with Crippen molar-refractivity contribution >= 4 is 23.2 Å². The molecule has 0 aliphatic heterocycles. The van der Waals surface area contributed by atoms with Crippen LogP contribution in [0.1, 0.15) is 56.2 Å². The molecule has 0 fully saturated rings. The lowest BCUT2D eigenvalue weighted by Gasteiger charge is -2.13. The number of para-hydroxylation sites is 1. The van der Waals surface area contributed by atoms with Gasteiger partial charge in [0.2, 0.25) is 0 Å². The summed E-state index contributed by atoms with van der Waals surface area (Å²) in [4.78, 5) is 25.2. The highest BCUT2D eigenvalue weighted by Crippen LogP contribution is 2.30. The molecule has 0 radical (unpaired) electrons. The Kier molecular flexibility index (Phi) is 5.66. The number of benzene rings is 2. The van der Waals surface area contributed by atoms with Crippen LogP contribution in [-0.2, 0) is 6.42 Å².